The van der Waals surface area contributed by atoms with Crippen LogP contribution in [-0.4, -0.2) is 51.3 Å². The number of fused-ring (bicyclic) bond motifs is 2. The Labute approximate surface area is 210 Å². The SMILES string of the molecule is COc1cc(C2=CC3NC(=O)N(c4cncc5nn(CC(F)(F)F)c(C)c45)C(=O)C3S2)c(Cl)cc1F. The van der Waals surface area contributed by atoms with Crippen LogP contribution >= 0.6 is 23.4 Å². The Hall–Kier alpha value is -3.32. The quantitative estimate of drug-likeness (QED) is 0.482. The molecule has 2 unspecified atom stereocenters. The highest BCUT2D eigenvalue weighted by molar-refractivity contribution is 8.09. The normalized spacial score (nSPS) is 20.0. The lowest BCUT2D eigenvalue weighted by molar-refractivity contribution is -0.142. The maximum absolute atomic E-state index is 14.0. The van der Waals surface area contributed by atoms with E-state index in [1.807, 2.05) is 0 Å². The molecule has 1 N–H and O–H groups in total. The lowest BCUT2D eigenvalue weighted by Crippen LogP contribution is -2.60. The van der Waals surface area contributed by atoms with Crippen molar-refractivity contribution in [1.29, 1.82) is 0 Å². The molecule has 2 atom stereocenters. The van der Waals surface area contributed by atoms with Gasteiger partial charge in [-0.15, -0.1) is 11.8 Å². The number of aromatic nitrogens is 3. The highest BCUT2D eigenvalue weighted by atomic mass is 35.5. The van der Waals surface area contributed by atoms with Crippen molar-refractivity contribution < 1.29 is 31.9 Å². The number of pyridine rings is 1. The zero-order valence-corrected chi connectivity index (χ0v) is 20.1. The van der Waals surface area contributed by atoms with E-state index in [1.54, 1.807) is 6.08 Å². The number of carbonyl (C=O) groups excluding carboxylic acids is 2. The van der Waals surface area contributed by atoms with Crippen molar-refractivity contribution in [3.63, 3.8) is 0 Å². The minimum atomic E-state index is -4.52. The number of imide groups is 1. The van der Waals surface area contributed by atoms with Gasteiger partial charge >= 0.3 is 12.2 Å². The summed E-state index contributed by atoms with van der Waals surface area (Å²) >= 11 is 7.35. The number of anilines is 1. The predicted molar refractivity (Wildman–Crippen MR) is 125 cm³/mol. The van der Waals surface area contributed by atoms with Crippen LogP contribution in [0.5, 0.6) is 5.75 Å². The Morgan fingerprint density at radius 1 is 1.25 bits per heavy atom. The molecule has 2 aliphatic heterocycles. The number of nitrogens with zero attached hydrogens (tertiary/aromatic N) is 4. The van der Waals surface area contributed by atoms with Crippen LogP contribution < -0.4 is 15.0 Å². The predicted octanol–water partition coefficient (Wildman–Crippen LogP) is 4.68. The van der Waals surface area contributed by atoms with Gasteiger partial charge in [0.15, 0.2) is 11.6 Å². The summed E-state index contributed by atoms with van der Waals surface area (Å²) < 4.78 is 58.8. The van der Waals surface area contributed by atoms with E-state index >= 15 is 0 Å². The van der Waals surface area contributed by atoms with Gasteiger partial charge in [-0.2, -0.15) is 18.3 Å². The molecule has 1 saturated heterocycles. The fourth-order valence-corrected chi connectivity index (χ4v) is 5.83. The molecule has 4 heterocycles. The number of carbonyl (C=O) groups is 2. The van der Waals surface area contributed by atoms with Crippen molar-refractivity contribution in [2.24, 2.45) is 0 Å². The minimum absolute atomic E-state index is 0.0231. The Morgan fingerprint density at radius 3 is 2.69 bits per heavy atom. The number of benzene rings is 1. The van der Waals surface area contributed by atoms with Crippen molar-refractivity contribution in [3.8, 4) is 5.75 Å². The number of aryl methyl sites for hydroxylation is 1. The molecule has 0 bridgehead atoms. The molecule has 36 heavy (non-hydrogen) atoms. The first kappa shape index (κ1) is 24.4. The first-order chi connectivity index (χ1) is 17.0. The van der Waals surface area contributed by atoms with E-state index < -0.39 is 41.8 Å². The van der Waals surface area contributed by atoms with Crippen molar-refractivity contribution in [3.05, 3.63) is 52.7 Å². The van der Waals surface area contributed by atoms with E-state index in [0.717, 1.165) is 27.4 Å². The van der Waals surface area contributed by atoms with Crippen molar-refractivity contribution >= 4 is 56.8 Å². The molecular formula is C22H16ClF4N5O3S. The fraction of sp³-hybridized carbons (Fsp3) is 0.273. The third-order valence-electron chi connectivity index (χ3n) is 5.83. The van der Waals surface area contributed by atoms with Crippen LogP contribution in [0.1, 0.15) is 11.3 Å². The zero-order chi connectivity index (χ0) is 25.9. The molecule has 0 aliphatic carbocycles. The van der Waals surface area contributed by atoms with Crippen LogP contribution in [0.2, 0.25) is 5.02 Å². The van der Waals surface area contributed by atoms with Crippen molar-refractivity contribution in [2.75, 3.05) is 12.0 Å². The molecular weight excluding hydrogens is 526 g/mol. The summed E-state index contributed by atoms with van der Waals surface area (Å²) in [5, 5.41) is 6.18. The van der Waals surface area contributed by atoms with E-state index in [0.29, 0.717) is 10.5 Å². The van der Waals surface area contributed by atoms with E-state index in [-0.39, 0.29) is 33.1 Å². The lowest BCUT2D eigenvalue weighted by atomic mass is 10.1. The second-order valence-corrected chi connectivity index (χ2v) is 9.69. The average Bonchev–Trinajstić information content (AvgIpc) is 3.34. The molecule has 14 heteroatoms. The largest absolute Gasteiger partial charge is 0.494 e. The Balaban J connectivity index is 1.50. The Morgan fingerprint density at radius 2 is 2.00 bits per heavy atom. The number of amides is 3. The maximum atomic E-state index is 14.0. The maximum Gasteiger partial charge on any atom is 0.408 e. The van der Waals surface area contributed by atoms with Gasteiger partial charge < -0.3 is 10.1 Å². The van der Waals surface area contributed by atoms with E-state index in [2.05, 4.69) is 15.4 Å². The number of hydrogen-bond donors (Lipinski definition) is 1. The van der Waals surface area contributed by atoms with Gasteiger partial charge in [-0.1, -0.05) is 11.6 Å². The molecule has 2 aliphatic rings. The third-order valence-corrected chi connectivity index (χ3v) is 7.50. The summed E-state index contributed by atoms with van der Waals surface area (Å²) in [5.74, 6) is -1.28. The summed E-state index contributed by atoms with van der Waals surface area (Å²) in [5.41, 5.74) is 0.691. The van der Waals surface area contributed by atoms with Crippen LogP contribution in [0.3, 0.4) is 0 Å². The van der Waals surface area contributed by atoms with E-state index in [9.17, 15) is 27.2 Å². The van der Waals surface area contributed by atoms with Gasteiger partial charge in [0.1, 0.15) is 17.3 Å². The summed E-state index contributed by atoms with van der Waals surface area (Å²) in [6.07, 6.45) is -0.366. The van der Waals surface area contributed by atoms with Crippen molar-refractivity contribution in [2.45, 2.75) is 30.9 Å². The van der Waals surface area contributed by atoms with Crippen LogP contribution in [0.15, 0.2) is 30.6 Å². The first-order valence-corrected chi connectivity index (χ1v) is 11.7. The van der Waals surface area contributed by atoms with Gasteiger partial charge in [0.25, 0.3) is 5.91 Å². The molecule has 0 saturated carbocycles. The number of hydrogen-bond acceptors (Lipinski definition) is 6. The molecule has 0 spiro atoms. The number of rotatable bonds is 4. The van der Waals surface area contributed by atoms with Gasteiger partial charge in [-0.3, -0.25) is 14.5 Å². The molecule has 0 radical (unpaired) electrons. The average molecular weight is 542 g/mol. The van der Waals surface area contributed by atoms with E-state index in [4.69, 9.17) is 16.3 Å². The number of nitrogens with one attached hydrogen (secondary N) is 1. The second kappa shape index (κ2) is 8.66. The van der Waals surface area contributed by atoms with Gasteiger partial charge in [0, 0.05) is 16.2 Å². The van der Waals surface area contributed by atoms with Crippen LogP contribution in [0.4, 0.5) is 28.0 Å². The molecule has 5 rings (SSSR count). The fourth-order valence-electron chi connectivity index (χ4n) is 4.22. The monoisotopic (exact) mass is 541 g/mol. The molecule has 8 nitrogen and oxygen atoms in total. The van der Waals surface area contributed by atoms with Gasteiger partial charge in [0.2, 0.25) is 0 Å². The summed E-state index contributed by atoms with van der Waals surface area (Å²) in [4.78, 5) is 31.9. The topological polar surface area (TPSA) is 89.3 Å². The van der Waals surface area contributed by atoms with Crippen LogP contribution in [0, 0.1) is 12.7 Å². The first-order valence-electron chi connectivity index (χ1n) is 10.4. The number of halogens is 5. The molecule has 188 valence electrons. The van der Waals surface area contributed by atoms with Gasteiger partial charge in [-0.25, -0.2) is 14.1 Å². The Kier molecular flexibility index (Phi) is 5.86. The second-order valence-electron chi connectivity index (χ2n) is 8.10. The number of alkyl halides is 3. The molecule has 1 aromatic carbocycles. The number of thioether (sulfide) groups is 1. The van der Waals surface area contributed by atoms with Gasteiger partial charge in [-0.05, 0) is 25.1 Å². The Bertz CT molecular complexity index is 1460. The standard InChI is InChI=1S/C22H16ClF4N5O3S/c1-9-18-14(30-31(9)8-22(25,26)27)6-28-7-15(18)32-20(33)19-13(29-21(32)34)5-17(36-19)10-3-16(35-2)12(24)4-11(10)23/h3-7,13,19H,8H2,1-2H3,(H,29,34). The van der Waals surface area contributed by atoms with Crippen LogP contribution in [0.25, 0.3) is 15.8 Å². The smallest absolute Gasteiger partial charge is 0.408 e. The lowest BCUT2D eigenvalue weighted by Gasteiger charge is -2.33. The summed E-state index contributed by atoms with van der Waals surface area (Å²) in [6, 6.07) is 1.05. The molecule has 1 fully saturated rings. The number of urea groups is 1. The number of methoxy groups -OCH3 is 1. The highest BCUT2D eigenvalue weighted by Crippen LogP contribution is 2.46. The molecule has 3 amide bonds. The third kappa shape index (κ3) is 4.05. The zero-order valence-electron chi connectivity index (χ0n) is 18.6. The van der Waals surface area contributed by atoms with Crippen LogP contribution in [-0.2, 0) is 11.3 Å². The van der Waals surface area contributed by atoms with E-state index in [1.165, 1.54) is 32.5 Å². The summed E-state index contributed by atoms with van der Waals surface area (Å²) in [6.45, 7) is 0.0937. The molecule has 2 aromatic heterocycles. The van der Waals surface area contributed by atoms with Crippen molar-refractivity contribution in [1.82, 2.24) is 20.1 Å². The molecule has 3 aromatic rings. The summed E-state index contributed by atoms with van der Waals surface area (Å²) in [7, 11) is 1.31. The highest BCUT2D eigenvalue weighted by Gasteiger charge is 2.46. The van der Waals surface area contributed by atoms with Gasteiger partial charge in [0.05, 0.1) is 41.6 Å². The number of ether oxygens (including phenoxy) is 1. The minimum Gasteiger partial charge on any atom is -0.494 e.